The predicted molar refractivity (Wildman–Crippen MR) is 93.4 cm³/mol. The van der Waals surface area contributed by atoms with Crippen LogP contribution in [0.3, 0.4) is 0 Å². The second kappa shape index (κ2) is 7.17. The summed E-state index contributed by atoms with van der Waals surface area (Å²) in [6.07, 6.45) is 5.27. The SMILES string of the molecule is CCN1OC[C@@H](N2CC[C@@H](Oc3cccnc3N3CCCC3)C2)C1=O. The fraction of sp³-hybridized carbons (Fsp3) is 0.667. The first-order chi connectivity index (χ1) is 12.3. The van der Waals surface area contributed by atoms with Gasteiger partial charge in [0.2, 0.25) is 0 Å². The van der Waals surface area contributed by atoms with Gasteiger partial charge in [-0.15, -0.1) is 0 Å². The molecule has 136 valence electrons. The summed E-state index contributed by atoms with van der Waals surface area (Å²) in [6, 6.07) is 3.77. The monoisotopic (exact) mass is 346 g/mol. The van der Waals surface area contributed by atoms with Crippen molar-refractivity contribution < 1.29 is 14.4 Å². The van der Waals surface area contributed by atoms with Gasteiger partial charge in [0.25, 0.3) is 5.91 Å². The highest BCUT2D eigenvalue weighted by molar-refractivity contribution is 5.82. The molecule has 4 rings (SSSR count). The van der Waals surface area contributed by atoms with Crippen molar-refractivity contribution in [3.8, 4) is 5.75 Å². The fourth-order valence-electron chi connectivity index (χ4n) is 3.92. The smallest absolute Gasteiger partial charge is 0.265 e. The standard InChI is InChI=1S/C18H26N4O3/c1-2-22-18(23)15(13-24-22)21-11-7-14(12-21)25-16-6-5-8-19-17(16)20-9-3-4-10-20/h5-6,8,14-15H,2-4,7,9-13H2,1H3/t14-,15-/m1/s1. The number of hydrogen-bond acceptors (Lipinski definition) is 6. The van der Waals surface area contributed by atoms with Crippen molar-refractivity contribution >= 4 is 11.7 Å². The summed E-state index contributed by atoms with van der Waals surface area (Å²) in [5.41, 5.74) is 0. The molecule has 0 saturated carbocycles. The van der Waals surface area contributed by atoms with E-state index in [-0.39, 0.29) is 18.1 Å². The molecule has 1 amide bonds. The molecule has 3 aliphatic heterocycles. The highest BCUT2D eigenvalue weighted by Gasteiger charge is 2.40. The van der Waals surface area contributed by atoms with E-state index >= 15 is 0 Å². The molecule has 3 fully saturated rings. The van der Waals surface area contributed by atoms with Crippen LogP contribution in [0.15, 0.2) is 18.3 Å². The lowest BCUT2D eigenvalue weighted by atomic mass is 10.2. The molecule has 0 aromatic carbocycles. The van der Waals surface area contributed by atoms with Crippen LogP contribution in [0.25, 0.3) is 0 Å². The van der Waals surface area contributed by atoms with Gasteiger partial charge >= 0.3 is 0 Å². The number of amides is 1. The molecule has 7 nitrogen and oxygen atoms in total. The molecule has 2 atom stereocenters. The summed E-state index contributed by atoms with van der Waals surface area (Å²) in [4.78, 5) is 26.8. The van der Waals surface area contributed by atoms with E-state index in [0.29, 0.717) is 13.2 Å². The second-order valence-electron chi connectivity index (χ2n) is 6.89. The Bertz CT molecular complexity index is 620. The van der Waals surface area contributed by atoms with Crippen molar-refractivity contribution in [1.29, 1.82) is 0 Å². The first-order valence-electron chi connectivity index (χ1n) is 9.31. The molecule has 1 aromatic rings. The van der Waals surface area contributed by atoms with Crippen LogP contribution >= 0.6 is 0 Å². The molecule has 1 aromatic heterocycles. The number of anilines is 1. The third-order valence-corrected chi connectivity index (χ3v) is 5.27. The van der Waals surface area contributed by atoms with Crippen molar-refractivity contribution in [2.75, 3.05) is 44.2 Å². The number of likely N-dealkylation sites (N-methyl/N-ethyl adjacent to an activating group) is 1. The number of likely N-dealkylation sites (tertiary alicyclic amines) is 1. The normalized spacial score (nSPS) is 27.5. The van der Waals surface area contributed by atoms with Gasteiger partial charge in [-0.05, 0) is 38.3 Å². The van der Waals surface area contributed by atoms with E-state index in [0.717, 1.165) is 44.2 Å². The molecule has 4 heterocycles. The van der Waals surface area contributed by atoms with Crippen molar-refractivity contribution in [2.45, 2.75) is 38.3 Å². The molecule has 0 aliphatic carbocycles. The minimum Gasteiger partial charge on any atom is -0.485 e. The average Bonchev–Trinajstić information content (AvgIpc) is 3.36. The van der Waals surface area contributed by atoms with Crippen LogP contribution in [0, 0.1) is 0 Å². The molecule has 0 bridgehead atoms. The van der Waals surface area contributed by atoms with E-state index in [1.54, 1.807) is 0 Å². The molecule has 0 unspecified atom stereocenters. The van der Waals surface area contributed by atoms with Gasteiger partial charge in [0.05, 0.1) is 6.61 Å². The molecule has 3 saturated heterocycles. The zero-order valence-corrected chi connectivity index (χ0v) is 14.8. The van der Waals surface area contributed by atoms with Crippen LogP contribution < -0.4 is 9.64 Å². The van der Waals surface area contributed by atoms with Crippen LogP contribution in [-0.4, -0.2) is 72.3 Å². The second-order valence-corrected chi connectivity index (χ2v) is 6.89. The summed E-state index contributed by atoms with van der Waals surface area (Å²) in [6.45, 7) is 6.69. The first kappa shape index (κ1) is 16.6. The minimum atomic E-state index is -0.166. The maximum Gasteiger partial charge on any atom is 0.265 e. The predicted octanol–water partition coefficient (Wildman–Crippen LogP) is 1.30. The highest BCUT2D eigenvalue weighted by atomic mass is 16.7. The van der Waals surface area contributed by atoms with E-state index in [4.69, 9.17) is 9.57 Å². The van der Waals surface area contributed by atoms with Gasteiger partial charge in [-0.1, -0.05) is 0 Å². The third-order valence-electron chi connectivity index (χ3n) is 5.27. The number of nitrogens with zero attached hydrogens (tertiary/aromatic N) is 4. The Morgan fingerprint density at radius 1 is 1.32 bits per heavy atom. The number of carbonyl (C=O) groups excluding carboxylic acids is 1. The Kier molecular flexibility index (Phi) is 4.76. The van der Waals surface area contributed by atoms with Crippen LogP contribution in [0.5, 0.6) is 5.75 Å². The van der Waals surface area contributed by atoms with Gasteiger partial charge in [-0.2, -0.15) is 0 Å². The molecule has 3 aliphatic rings. The van der Waals surface area contributed by atoms with E-state index in [1.807, 2.05) is 25.3 Å². The number of carbonyl (C=O) groups is 1. The summed E-state index contributed by atoms with van der Waals surface area (Å²) < 4.78 is 6.29. The quantitative estimate of drug-likeness (QED) is 0.801. The van der Waals surface area contributed by atoms with Crippen molar-refractivity contribution in [3.63, 3.8) is 0 Å². The number of aromatic nitrogens is 1. The Labute approximate surface area is 148 Å². The van der Waals surface area contributed by atoms with Crippen molar-refractivity contribution in [2.24, 2.45) is 0 Å². The van der Waals surface area contributed by atoms with Crippen LogP contribution in [-0.2, 0) is 9.63 Å². The molecular weight excluding hydrogens is 320 g/mol. The fourth-order valence-corrected chi connectivity index (χ4v) is 3.92. The first-order valence-corrected chi connectivity index (χ1v) is 9.31. The third kappa shape index (κ3) is 3.30. The molecule has 0 radical (unpaired) electrons. The molecule has 0 N–H and O–H groups in total. The Hall–Kier alpha value is -1.86. The highest BCUT2D eigenvalue weighted by Crippen LogP contribution is 2.31. The van der Waals surface area contributed by atoms with Gasteiger partial charge in [0.15, 0.2) is 11.6 Å². The van der Waals surface area contributed by atoms with Gasteiger partial charge in [-0.25, -0.2) is 10.0 Å². The summed E-state index contributed by atoms with van der Waals surface area (Å²) in [5.74, 6) is 1.89. The van der Waals surface area contributed by atoms with E-state index in [9.17, 15) is 4.79 Å². The lowest BCUT2D eigenvalue weighted by Crippen LogP contribution is -2.42. The van der Waals surface area contributed by atoms with Crippen LogP contribution in [0.1, 0.15) is 26.2 Å². The Morgan fingerprint density at radius 3 is 2.92 bits per heavy atom. The number of rotatable bonds is 5. The lowest BCUT2D eigenvalue weighted by molar-refractivity contribution is -0.160. The summed E-state index contributed by atoms with van der Waals surface area (Å²) in [5, 5.41) is 1.46. The number of pyridine rings is 1. The minimum absolute atomic E-state index is 0.0716. The van der Waals surface area contributed by atoms with E-state index in [1.165, 1.54) is 17.9 Å². The topological polar surface area (TPSA) is 58.1 Å². The maximum absolute atomic E-state index is 12.3. The maximum atomic E-state index is 12.3. The van der Waals surface area contributed by atoms with Gasteiger partial charge in [0, 0.05) is 38.9 Å². The number of ether oxygens (including phenoxy) is 1. The molecular formula is C18H26N4O3. The number of hydrogen-bond donors (Lipinski definition) is 0. The van der Waals surface area contributed by atoms with Crippen LogP contribution in [0.2, 0.25) is 0 Å². The summed E-state index contributed by atoms with van der Waals surface area (Å²) >= 11 is 0. The molecule has 25 heavy (non-hydrogen) atoms. The summed E-state index contributed by atoms with van der Waals surface area (Å²) in [7, 11) is 0. The number of hydroxylamine groups is 2. The van der Waals surface area contributed by atoms with E-state index in [2.05, 4.69) is 14.8 Å². The zero-order valence-electron chi connectivity index (χ0n) is 14.8. The lowest BCUT2D eigenvalue weighted by Gasteiger charge is -2.23. The largest absolute Gasteiger partial charge is 0.485 e. The van der Waals surface area contributed by atoms with Crippen molar-refractivity contribution in [3.05, 3.63) is 18.3 Å². The van der Waals surface area contributed by atoms with Crippen LogP contribution in [0.4, 0.5) is 5.82 Å². The van der Waals surface area contributed by atoms with Gasteiger partial charge in [0.1, 0.15) is 12.1 Å². The van der Waals surface area contributed by atoms with Crippen molar-refractivity contribution in [1.82, 2.24) is 14.9 Å². The Morgan fingerprint density at radius 2 is 2.16 bits per heavy atom. The Balaban J connectivity index is 1.39. The van der Waals surface area contributed by atoms with Gasteiger partial charge < -0.3 is 9.64 Å². The van der Waals surface area contributed by atoms with Gasteiger partial charge in [-0.3, -0.25) is 14.5 Å². The average molecular weight is 346 g/mol. The molecule has 7 heteroatoms. The molecule has 0 spiro atoms. The van der Waals surface area contributed by atoms with E-state index < -0.39 is 0 Å². The zero-order chi connectivity index (χ0) is 17.2.